The predicted molar refractivity (Wildman–Crippen MR) is 62.1 cm³/mol. The second-order valence-corrected chi connectivity index (χ2v) is 2.98. The molecule has 0 aliphatic rings. The number of rotatable bonds is 3. The number of halogens is 1. The molecule has 0 saturated heterocycles. The normalized spacial score (nSPS) is 12.6. The van der Waals surface area contributed by atoms with E-state index < -0.39 is 0 Å². The van der Waals surface area contributed by atoms with Crippen molar-refractivity contribution in [1.82, 2.24) is 0 Å². The average Bonchev–Trinajstić information content (AvgIpc) is 2.18. The van der Waals surface area contributed by atoms with Crippen molar-refractivity contribution in [3.05, 3.63) is 54.6 Å². The number of nitrogens with two attached hydrogens (primary N) is 1. The Morgan fingerprint density at radius 1 is 1.36 bits per heavy atom. The minimum absolute atomic E-state index is 0.0157. The molecule has 1 aromatic carbocycles. The summed E-state index contributed by atoms with van der Waals surface area (Å²) >= 11 is 5.51. The first-order chi connectivity index (χ1) is 6.74. The van der Waals surface area contributed by atoms with Gasteiger partial charge in [0.25, 0.3) is 0 Å². The van der Waals surface area contributed by atoms with E-state index in [0.717, 1.165) is 5.56 Å². The Kier molecular flexibility index (Phi) is 3.95. The fourth-order valence-electron chi connectivity index (χ4n) is 1.03. The van der Waals surface area contributed by atoms with Crippen LogP contribution >= 0.6 is 11.6 Å². The van der Waals surface area contributed by atoms with Gasteiger partial charge >= 0.3 is 0 Å². The van der Waals surface area contributed by atoms with E-state index in [9.17, 15) is 0 Å². The first kappa shape index (κ1) is 10.5. The van der Waals surface area contributed by atoms with Gasteiger partial charge in [-0.25, -0.2) is 4.99 Å². The molecule has 0 saturated carbocycles. The van der Waals surface area contributed by atoms with Gasteiger partial charge in [0.15, 0.2) is 5.29 Å². The van der Waals surface area contributed by atoms with E-state index in [1.165, 1.54) is 0 Å². The number of amidine groups is 1. The number of nitrogens with zero attached hydrogens (tertiary/aromatic N) is 1. The van der Waals surface area contributed by atoms with Crippen molar-refractivity contribution in [3.63, 3.8) is 0 Å². The number of hydrogen-bond donors (Lipinski definition) is 1. The van der Waals surface area contributed by atoms with Crippen LogP contribution in [0.25, 0.3) is 5.70 Å². The van der Waals surface area contributed by atoms with Crippen molar-refractivity contribution in [3.8, 4) is 0 Å². The molecule has 72 valence electrons. The second kappa shape index (κ2) is 5.25. The van der Waals surface area contributed by atoms with Crippen molar-refractivity contribution in [2.24, 2.45) is 10.7 Å². The Bertz CT molecular complexity index is 362. The standard InChI is InChI=1S/C11H11ClN2/c1-2-6-10(14-11(12)13)9-7-4-3-5-8-9/h2-8H,1H2,(H2,13,14)/b10-6-. The summed E-state index contributed by atoms with van der Waals surface area (Å²) in [6.07, 6.45) is 3.40. The van der Waals surface area contributed by atoms with Crippen LogP contribution in [0.1, 0.15) is 5.56 Å². The molecule has 1 aromatic rings. The first-order valence-corrected chi connectivity index (χ1v) is 4.49. The van der Waals surface area contributed by atoms with Gasteiger partial charge in [-0.05, 0) is 17.7 Å². The van der Waals surface area contributed by atoms with E-state index in [1.54, 1.807) is 12.2 Å². The van der Waals surface area contributed by atoms with Crippen LogP contribution in [0.5, 0.6) is 0 Å². The Morgan fingerprint density at radius 2 is 2.00 bits per heavy atom. The van der Waals surface area contributed by atoms with Crippen LogP contribution in [-0.2, 0) is 0 Å². The third-order valence-electron chi connectivity index (χ3n) is 1.57. The van der Waals surface area contributed by atoms with E-state index in [-0.39, 0.29) is 5.29 Å². The molecule has 2 nitrogen and oxygen atoms in total. The summed E-state index contributed by atoms with van der Waals surface area (Å²) in [5, 5.41) is 0.0157. The van der Waals surface area contributed by atoms with Crippen LogP contribution in [-0.4, -0.2) is 5.29 Å². The summed E-state index contributed by atoms with van der Waals surface area (Å²) in [5.74, 6) is 0. The van der Waals surface area contributed by atoms with Crippen molar-refractivity contribution in [2.75, 3.05) is 0 Å². The summed E-state index contributed by atoms with van der Waals surface area (Å²) in [6.45, 7) is 3.60. The van der Waals surface area contributed by atoms with Gasteiger partial charge in [0, 0.05) is 5.56 Å². The lowest BCUT2D eigenvalue weighted by Crippen LogP contribution is -2.01. The van der Waals surface area contributed by atoms with Crippen molar-refractivity contribution >= 4 is 22.6 Å². The lowest BCUT2D eigenvalue weighted by Gasteiger charge is -2.00. The van der Waals surface area contributed by atoms with Gasteiger partial charge in [0.05, 0.1) is 5.70 Å². The van der Waals surface area contributed by atoms with Crippen LogP contribution in [0.15, 0.2) is 54.1 Å². The van der Waals surface area contributed by atoms with Crippen LogP contribution in [0.3, 0.4) is 0 Å². The summed E-state index contributed by atoms with van der Waals surface area (Å²) in [7, 11) is 0. The molecule has 0 aliphatic carbocycles. The van der Waals surface area contributed by atoms with Gasteiger partial charge in [-0.15, -0.1) is 0 Å². The highest BCUT2D eigenvalue weighted by Gasteiger charge is 1.97. The fourth-order valence-corrected chi connectivity index (χ4v) is 1.12. The van der Waals surface area contributed by atoms with Gasteiger partial charge in [-0.2, -0.15) is 0 Å². The van der Waals surface area contributed by atoms with Crippen molar-refractivity contribution in [1.29, 1.82) is 0 Å². The molecule has 0 fully saturated rings. The van der Waals surface area contributed by atoms with Crippen LogP contribution in [0, 0.1) is 0 Å². The minimum Gasteiger partial charge on any atom is -0.374 e. The molecule has 0 amide bonds. The number of benzene rings is 1. The molecule has 0 radical (unpaired) electrons. The maximum atomic E-state index is 5.51. The molecule has 0 unspecified atom stereocenters. The van der Waals surface area contributed by atoms with E-state index in [2.05, 4.69) is 11.6 Å². The van der Waals surface area contributed by atoms with Gasteiger partial charge in [0.2, 0.25) is 0 Å². The predicted octanol–water partition coefficient (Wildman–Crippen LogP) is 2.77. The zero-order chi connectivity index (χ0) is 10.4. The lowest BCUT2D eigenvalue weighted by atomic mass is 10.1. The number of hydrogen-bond acceptors (Lipinski definition) is 1. The number of allylic oxidation sites excluding steroid dienone is 2. The van der Waals surface area contributed by atoms with Crippen LogP contribution in [0.4, 0.5) is 0 Å². The molecular weight excluding hydrogens is 196 g/mol. The van der Waals surface area contributed by atoms with Gasteiger partial charge in [0.1, 0.15) is 0 Å². The zero-order valence-corrected chi connectivity index (χ0v) is 8.41. The highest BCUT2D eigenvalue weighted by atomic mass is 35.5. The molecule has 0 aromatic heterocycles. The number of aliphatic imine (C=N–C) groups is 1. The summed E-state index contributed by atoms with van der Waals surface area (Å²) in [5.41, 5.74) is 6.96. The molecule has 14 heavy (non-hydrogen) atoms. The third kappa shape index (κ3) is 3.07. The summed E-state index contributed by atoms with van der Waals surface area (Å²) in [6, 6.07) is 9.64. The molecule has 0 bridgehead atoms. The second-order valence-electron chi connectivity index (χ2n) is 2.59. The van der Waals surface area contributed by atoms with Gasteiger partial charge in [-0.3, -0.25) is 0 Å². The highest BCUT2D eigenvalue weighted by molar-refractivity contribution is 6.64. The largest absolute Gasteiger partial charge is 0.374 e. The van der Waals surface area contributed by atoms with Crippen molar-refractivity contribution < 1.29 is 0 Å². The topological polar surface area (TPSA) is 38.4 Å². The van der Waals surface area contributed by atoms with Crippen LogP contribution < -0.4 is 5.73 Å². The Morgan fingerprint density at radius 3 is 2.50 bits per heavy atom. The quantitative estimate of drug-likeness (QED) is 0.351. The zero-order valence-electron chi connectivity index (χ0n) is 7.65. The molecule has 3 heteroatoms. The average molecular weight is 207 g/mol. The Hall–Kier alpha value is -1.54. The van der Waals surface area contributed by atoms with E-state index in [0.29, 0.717) is 5.70 Å². The summed E-state index contributed by atoms with van der Waals surface area (Å²) < 4.78 is 0. The third-order valence-corrected chi connectivity index (χ3v) is 1.66. The fraction of sp³-hybridized carbons (Fsp3) is 0. The monoisotopic (exact) mass is 206 g/mol. The van der Waals surface area contributed by atoms with E-state index in [4.69, 9.17) is 17.3 Å². The molecule has 0 aliphatic heterocycles. The van der Waals surface area contributed by atoms with Crippen molar-refractivity contribution in [2.45, 2.75) is 0 Å². The molecule has 1 rings (SSSR count). The van der Waals surface area contributed by atoms with E-state index in [1.807, 2.05) is 30.3 Å². The molecule has 0 atom stereocenters. The first-order valence-electron chi connectivity index (χ1n) is 4.12. The molecule has 0 spiro atoms. The van der Waals surface area contributed by atoms with Gasteiger partial charge in [-0.1, -0.05) is 43.0 Å². The molecular formula is C11H11ClN2. The Labute approximate surface area is 88.4 Å². The maximum Gasteiger partial charge on any atom is 0.193 e. The smallest absolute Gasteiger partial charge is 0.193 e. The highest BCUT2D eigenvalue weighted by Crippen LogP contribution is 2.15. The lowest BCUT2D eigenvalue weighted by molar-refractivity contribution is 1.49. The van der Waals surface area contributed by atoms with Crippen LogP contribution in [0.2, 0.25) is 0 Å². The SMILES string of the molecule is C=C/C=C(\N=C(/N)Cl)c1ccccc1. The van der Waals surface area contributed by atoms with Gasteiger partial charge < -0.3 is 5.73 Å². The molecule has 0 heterocycles. The molecule has 2 N–H and O–H groups in total. The minimum atomic E-state index is 0.0157. The maximum absolute atomic E-state index is 5.51. The van der Waals surface area contributed by atoms with E-state index >= 15 is 0 Å². The Balaban J connectivity index is 3.08. The summed E-state index contributed by atoms with van der Waals surface area (Å²) in [4.78, 5) is 3.99.